The van der Waals surface area contributed by atoms with E-state index in [0.29, 0.717) is 29.1 Å². The lowest BCUT2D eigenvalue weighted by Gasteiger charge is -2.27. The molecule has 0 N–H and O–H groups in total. The van der Waals surface area contributed by atoms with E-state index in [1.165, 1.54) is 13.8 Å². The number of carbonyl (C=O) groups is 2. The van der Waals surface area contributed by atoms with Crippen LogP contribution in [0, 0.1) is 0 Å². The van der Waals surface area contributed by atoms with Gasteiger partial charge in [-0.1, -0.05) is 5.16 Å². The maximum atomic E-state index is 11.7. The molecule has 1 amide bonds. The molecule has 0 atom stereocenters. The fraction of sp³-hybridized carbons (Fsp3) is 0.385. The number of fused-ring (bicyclic) bond motifs is 1. The number of carbonyl (C=O) groups excluding carboxylic acids is 2. The van der Waals surface area contributed by atoms with Crippen LogP contribution in [-0.4, -0.2) is 35.9 Å². The zero-order valence-electron chi connectivity index (χ0n) is 11.6. The van der Waals surface area contributed by atoms with Crippen molar-refractivity contribution in [2.45, 2.75) is 20.3 Å². The van der Waals surface area contributed by atoms with E-state index < -0.39 is 5.97 Å². The third kappa shape index (κ3) is 3.78. The van der Waals surface area contributed by atoms with Crippen LogP contribution >= 0.6 is 15.9 Å². The summed E-state index contributed by atoms with van der Waals surface area (Å²) in [6, 6.07) is 3.58. The topological polar surface area (TPSA) is 81.1 Å². The Labute approximate surface area is 130 Å². The summed E-state index contributed by atoms with van der Waals surface area (Å²) in [6.07, 6.45) is 0.538. The lowest BCUT2D eigenvalue weighted by Crippen LogP contribution is -2.37. The minimum atomic E-state index is -0.437. The number of aromatic nitrogens is 1. The molecule has 112 valence electrons. The van der Waals surface area contributed by atoms with Crippen LogP contribution in [0.5, 0.6) is 0 Å². The number of anilines is 1. The molecule has 1 aliphatic heterocycles. The predicted octanol–water partition coefficient (Wildman–Crippen LogP) is 1.84. The van der Waals surface area contributed by atoms with Gasteiger partial charge in [0.25, 0.3) is 6.79 Å². The second kappa shape index (κ2) is 6.66. The summed E-state index contributed by atoms with van der Waals surface area (Å²) in [5, 5.41) is 3.97. The van der Waals surface area contributed by atoms with Crippen molar-refractivity contribution in [2.75, 3.05) is 18.2 Å². The minimum absolute atomic E-state index is 0.0817. The van der Waals surface area contributed by atoms with Gasteiger partial charge in [-0.3, -0.25) is 14.5 Å². The molecule has 0 bridgehead atoms. The number of nitrogens with zero attached hydrogens (tertiary/aromatic N) is 3. The van der Waals surface area contributed by atoms with Crippen LogP contribution in [-0.2, 0) is 19.2 Å². The van der Waals surface area contributed by atoms with Crippen LogP contribution in [0.2, 0.25) is 0 Å². The SMILES string of the molecule is CC(=O)OCO/N=C1\CCN(C(C)=O)c2nc(Br)ccc21. The molecule has 0 spiro atoms. The smallest absolute Gasteiger partial charge is 0.305 e. The summed E-state index contributed by atoms with van der Waals surface area (Å²) in [7, 11) is 0. The van der Waals surface area contributed by atoms with E-state index in [0.717, 1.165) is 5.56 Å². The summed E-state index contributed by atoms with van der Waals surface area (Å²) in [6.45, 7) is 3.01. The molecule has 0 unspecified atom stereocenters. The first-order valence-corrected chi connectivity index (χ1v) is 7.05. The van der Waals surface area contributed by atoms with Crippen molar-refractivity contribution >= 4 is 39.3 Å². The highest BCUT2D eigenvalue weighted by atomic mass is 79.9. The molecule has 1 aromatic heterocycles. The van der Waals surface area contributed by atoms with Crippen molar-refractivity contribution < 1.29 is 19.2 Å². The van der Waals surface area contributed by atoms with Gasteiger partial charge in [-0.25, -0.2) is 4.98 Å². The van der Waals surface area contributed by atoms with Crippen LogP contribution in [0.15, 0.2) is 21.9 Å². The number of halogens is 1. The van der Waals surface area contributed by atoms with E-state index in [4.69, 9.17) is 4.84 Å². The zero-order chi connectivity index (χ0) is 15.4. The highest BCUT2D eigenvalue weighted by molar-refractivity contribution is 9.10. The van der Waals surface area contributed by atoms with Gasteiger partial charge in [-0.2, -0.15) is 0 Å². The normalized spacial score (nSPS) is 15.6. The molecule has 0 fully saturated rings. The fourth-order valence-corrected chi connectivity index (χ4v) is 2.23. The average Bonchev–Trinajstić information content (AvgIpc) is 2.42. The third-order valence-electron chi connectivity index (χ3n) is 2.85. The van der Waals surface area contributed by atoms with Gasteiger partial charge in [0.1, 0.15) is 10.4 Å². The standard InChI is InChI=1S/C13H14BrN3O4/c1-8(18)17-6-5-11(16-21-7-20-9(2)19)10-3-4-12(14)15-13(10)17/h3-4H,5-7H2,1-2H3/b16-11+. The van der Waals surface area contributed by atoms with E-state index in [2.05, 4.69) is 30.8 Å². The molecule has 21 heavy (non-hydrogen) atoms. The molecule has 0 saturated heterocycles. The van der Waals surface area contributed by atoms with Crippen LogP contribution in [0.4, 0.5) is 5.82 Å². The average molecular weight is 356 g/mol. The number of hydrogen-bond acceptors (Lipinski definition) is 6. The maximum absolute atomic E-state index is 11.7. The number of hydrogen-bond donors (Lipinski definition) is 0. The molecule has 0 aromatic carbocycles. The van der Waals surface area contributed by atoms with Gasteiger partial charge < -0.3 is 9.57 Å². The maximum Gasteiger partial charge on any atom is 0.305 e. The van der Waals surface area contributed by atoms with E-state index in [-0.39, 0.29) is 12.7 Å². The van der Waals surface area contributed by atoms with Crippen LogP contribution < -0.4 is 4.90 Å². The molecular weight excluding hydrogens is 342 g/mol. The van der Waals surface area contributed by atoms with Gasteiger partial charge in [0.15, 0.2) is 0 Å². The van der Waals surface area contributed by atoms with Crippen molar-refractivity contribution in [2.24, 2.45) is 5.16 Å². The Morgan fingerprint density at radius 3 is 2.86 bits per heavy atom. The first-order chi connectivity index (χ1) is 9.99. The van der Waals surface area contributed by atoms with Gasteiger partial charge in [0.2, 0.25) is 5.91 Å². The number of rotatable bonds is 3. The second-order valence-electron chi connectivity index (χ2n) is 4.35. The van der Waals surface area contributed by atoms with Gasteiger partial charge in [-0.05, 0) is 28.1 Å². The van der Waals surface area contributed by atoms with E-state index in [1.54, 1.807) is 11.0 Å². The number of esters is 1. The Morgan fingerprint density at radius 2 is 2.19 bits per heavy atom. The van der Waals surface area contributed by atoms with Gasteiger partial charge >= 0.3 is 5.97 Å². The molecule has 8 heteroatoms. The third-order valence-corrected chi connectivity index (χ3v) is 3.29. The Morgan fingerprint density at radius 1 is 1.43 bits per heavy atom. The molecule has 0 saturated carbocycles. The van der Waals surface area contributed by atoms with E-state index >= 15 is 0 Å². The minimum Gasteiger partial charge on any atom is -0.426 e. The largest absolute Gasteiger partial charge is 0.426 e. The van der Waals surface area contributed by atoms with Crippen LogP contribution in [0.3, 0.4) is 0 Å². The van der Waals surface area contributed by atoms with Crippen molar-refractivity contribution in [1.82, 2.24) is 4.98 Å². The molecular formula is C13H14BrN3O4. The molecule has 1 aromatic rings. The first kappa shape index (κ1) is 15.4. The Kier molecular flexibility index (Phi) is 4.89. The van der Waals surface area contributed by atoms with Crippen LogP contribution in [0.1, 0.15) is 25.8 Å². The Bertz CT molecular complexity index is 603. The Hall–Kier alpha value is -1.96. The lowest BCUT2D eigenvalue weighted by atomic mass is 10.0. The quantitative estimate of drug-likeness (QED) is 0.271. The van der Waals surface area contributed by atoms with Gasteiger partial charge in [-0.15, -0.1) is 0 Å². The van der Waals surface area contributed by atoms with E-state index in [9.17, 15) is 9.59 Å². The summed E-state index contributed by atoms with van der Waals surface area (Å²) < 4.78 is 5.28. The number of amides is 1. The lowest BCUT2D eigenvalue weighted by molar-refractivity contribution is -0.153. The van der Waals surface area contributed by atoms with E-state index in [1.807, 2.05) is 6.07 Å². The highest BCUT2D eigenvalue weighted by Gasteiger charge is 2.26. The molecule has 2 rings (SSSR count). The van der Waals surface area contributed by atoms with Gasteiger partial charge in [0.05, 0.1) is 5.71 Å². The van der Waals surface area contributed by atoms with Crippen molar-refractivity contribution in [3.8, 4) is 0 Å². The molecule has 1 aliphatic rings. The molecule has 7 nitrogen and oxygen atoms in total. The van der Waals surface area contributed by atoms with Crippen molar-refractivity contribution in [3.05, 3.63) is 22.3 Å². The highest BCUT2D eigenvalue weighted by Crippen LogP contribution is 2.27. The predicted molar refractivity (Wildman–Crippen MR) is 78.8 cm³/mol. The first-order valence-electron chi connectivity index (χ1n) is 6.26. The molecule has 2 heterocycles. The summed E-state index contributed by atoms with van der Waals surface area (Å²) in [5.74, 6) is 0.0206. The van der Waals surface area contributed by atoms with Crippen molar-refractivity contribution in [3.63, 3.8) is 0 Å². The molecule has 0 radical (unpaired) electrons. The number of pyridine rings is 1. The summed E-state index contributed by atoms with van der Waals surface area (Å²) in [4.78, 5) is 33.2. The second-order valence-corrected chi connectivity index (χ2v) is 5.16. The monoisotopic (exact) mass is 355 g/mol. The summed E-state index contributed by atoms with van der Waals surface area (Å²) >= 11 is 3.29. The van der Waals surface area contributed by atoms with Gasteiger partial charge in [0, 0.05) is 32.4 Å². The van der Waals surface area contributed by atoms with Crippen LogP contribution in [0.25, 0.3) is 0 Å². The molecule has 0 aliphatic carbocycles. The zero-order valence-corrected chi connectivity index (χ0v) is 13.2. The number of ether oxygens (including phenoxy) is 1. The Balaban J connectivity index is 2.23. The number of oxime groups is 1. The van der Waals surface area contributed by atoms with Crippen molar-refractivity contribution in [1.29, 1.82) is 0 Å². The fourth-order valence-electron chi connectivity index (χ4n) is 1.93. The summed E-state index contributed by atoms with van der Waals surface area (Å²) in [5.41, 5.74) is 1.39.